The van der Waals surface area contributed by atoms with Crippen LogP contribution in [0, 0.1) is 12.3 Å². The van der Waals surface area contributed by atoms with Crippen LogP contribution >= 0.6 is 8.58 Å². The normalized spacial score (nSPS) is 11.5. The highest BCUT2D eigenvalue weighted by atomic mass is 31.1. The quantitative estimate of drug-likeness (QED) is 0.571. The summed E-state index contributed by atoms with van der Waals surface area (Å²) in [4.78, 5) is 0. The third kappa shape index (κ3) is 7.41. The molecule has 0 saturated heterocycles. The van der Waals surface area contributed by atoms with Gasteiger partial charge in [0.05, 0.1) is 0 Å². The fourth-order valence-corrected chi connectivity index (χ4v) is 2.82. The molecule has 0 amide bonds. The van der Waals surface area contributed by atoms with Crippen molar-refractivity contribution in [1.82, 2.24) is 5.32 Å². The molecule has 2 heteroatoms. The van der Waals surface area contributed by atoms with Gasteiger partial charge < -0.3 is 5.32 Å². The van der Waals surface area contributed by atoms with Crippen molar-refractivity contribution in [1.29, 1.82) is 0 Å². The molecular formula is C20H26NP. The van der Waals surface area contributed by atoms with Crippen LogP contribution in [0.15, 0.2) is 60.7 Å². The average molecular weight is 311 g/mol. The largest absolute Gasteiger partial charge is 0.303 e. The smallest absolute Gasteiger partial charge is 0.0492 e. The topological polar surface area (TPSA) is 12.0 Å². The molecule has 22 heavy (non-hydrogen) atoms. The van der Waals surface area contributed by atoms with Gasteiger partial charge in [-0.1, -0.05) is 67.6 Å². The Labute approximate surface area is 137 Å². The molecular weight excluding hydrogens is 285 g/mol. The number of hydrogen-bond donors (Lipinski definition) is 1. The van der Waals surface area contributed by atoms with Crippen LogP contribution < -0.4 is 5.32 Å². The van der Waals surface area contributed by atoms with Gasteiger partial charge in [0.2, 0.25) is 0 Å². The fraction of sp³-hybridized carbons (Fsp3) is 0.300. The van der Waals surface area contributed by atoms with E-state index in [9.17, 15) is 0 Å². The van der Waals surface area contributed by atoms with Crippen molar-refractivity contribution in [2.75, 3.05) is 6.66 Å². The number of nitrogens with one attached hydrogen (secondary N) is 1. The minimum Gasteiger partial charge on any atom is -0.303 e. The zero-order chi connectivity index (χ0) is 16.0. The van der Waals surface area contributed by atoms with E-state index in [1.807, 2.05) is 0 Å². The first-order chi connectivity index (χ1) is 10.8. The monoisotopic (exact) mass is 311 g/mol. The van der Waals surface area contributed by atoms with Crippen LogP contribution in [0.4, 0.5) is 0 Å². The standard InChI is InChI=1S/C15H18NP.C5H8/c1-17-15(14-10-6-3-7-11-14)16-12-13-8-4-2-5-9-13;1-3-5-4-2/h2-11,15-17H,12H2,1H3;1H,4-5H2,2H3. The summed E-state index contributed by atoms with van der Waals surface area (Å²) in [5.74, 6) is 2.99. The second-order valence-electron chi connectivity index (χ2n) is 4.95. The molecule has 2 rings (SSSR count). The van der Waals surface area contributed by atoms with E-state index < -0.39 is 0 Å². The van der Waals surface area contributed by atoms with Crippen molar-refractivity contribution >= 4 is 8.58 Å². The third-order valence-corrected chi connectivity index (χ3v) is 4.28. The highest BCUT2D eigenvalue weighted by molar-refractivity contribution is 7.37. The summed E-state index contributed by atoms with van der Waals surface area (Å²) in [5, 5.41) is 3.61. The molecule has 0 aromatic heterocycles. The summed E-state index contributed by atoms with van der Waals surface area (Å²) < 4.78 is 0. The zero-order valence-electron chi connectivity index (χ0n) is 13.5. The fourth-order valence-electron chi connectivity index (χ4n) is 1.99. The first-order valence-electron chi connectivity index (χ1n) is 7.74. The van der Waals surface area contributed by atoms with Crippen molar-refractivity contribution in [3.63, 3.8) is 0 Å². The molecule has 0 heterocycles. The van der Waals surface area contributed by atoms with E-state index >= 15 is 0 Å². The van der Waals surface area contributed by atoms with Gasteiger partial charge in [-0.05, 0) is 24.2 Å². The van der Waals surface area contributed by atoms with Crippen LogP contribution in [0.5, 0.6) is 0 Å². The highest BCUT2D eigenvalue weighted by Crippen LogP contribution is 2.28. The molecule has 116 valence electrons. The van der Waals surface area contributed by atoms with E-state index in [0.29, 0.717) is 5.78 Å². The van der Waals surface area contributed by atoms with Crippen molar-refractivity contribution in [2.45, 2.75) is 32.1 Å². The van der Waals surface area contributed by atoms with Gasteiger partial charge in [0.25, 0.3) is 0 Å². The summed E-state index contributed by atoms with van der Waals surface area (Å²) in [6, 6.07) is 21.2. The average Bonchev–Trinajstić information content (AvgIpc) is 2.59. The van der Waals surface area contributed by atoms with Crippen molar-refractivity contribution in [3.8, 4) is 12.3 Å². The maximum Gasteiger partial charge on any atom is 0.0492 e. The molecule has 2 unspecified atom stereocenters. The Balaban J connectivity index is 0.000000422. The summed E-state index contributed by atoms with van der Waals surface area (Å²) in [6.45, 7) is 5.25. The lowest BCUT2D eigenvalue weighted by Gasteiger charge is -2.17. The van der Waals surface area contributed by atoms with Gasteiger partial charge in [0.1, 0.15) is 0 Å². The second kappa shape index (κ2) is 12.0. The lowest BCUT2D eigenvalue weighted by molar-refractivity contribution is 0.674. The Hall–Kier alpha value is -1.61. The maximum atomic E-state index is 4.89. The summed E-state index contributed by atoms with van der Waals surface area (Å²) >= 11 is 0. The number of terminal acetylenes is 1. The van der Waals surface area contributed by atoms with Gasteiger partial charge in [-0.3, -0.25) is 0 Å². The van der Waals surface area contributed by atoms with E-state index in [1.165, 1.54) is 11.1 Å². The Kier molecular flexibility index (Phi) is 10.0. The van der Waals surface area contributed by atoms with Gasteiger partial charge in [0.15, 0.2) is 0 Å². The number of benzene rings is 2. The van der Waals surface area contributed by atoms with Gasteiger partial charge in [-0.2, -0.15) is 0 Å². The van der Waals surface area contributed by atoms with Gasteiger partial charge in [0, 0.05) is 18.7 Å². The summed E-state index contributed by atoms with van der Waals surface area (Å²) in [6.07, 6.45) is 6.91. The van der Waals surface area contributed by atoms with E-state index in [2.05, 4.69) is 85.5 Å². The van der Waals surface area contributed by atoms with E-state index in [-0.39, 0.29) is 0 Å². The number of rotatable bonds is 6. The predicted molar refractivity (Wildman–Crippen MR) is 100 cm³/mol. The second-order valence-corrected chi connectivity index (χ2v) is 6.11. The van der Waals surface area contributed by atoms with E-state index in [0.717, 1.165) is 28.0 Å². The van der Waals surface area contributed by atoms with Crippen molar-refractivity contribution in [3.05, 3.63) is 71.8 Å². The third-order valence-electron chi connectivity index (χ3n) is 3.17. The van der Waals surface area contributed by atoms with Crippen molar-refractivity contribution in [2.24, 2.45) is 0 Å². The van der Waals surface area contributed by atoms with E-state index in [1.54, 1.807) is 0 Å². The molecule has 1 N–H and O–H groups in total. The van der Waals surface area contributed by atoms with Crippen LogP contribution in [-0.4, -0.2) is 6.66 Å². The first-order valence-corrected chi connectivity index (χ1v) is 9.32. The maximum absolute atomic E-state index is 4.89. The number of hydrogen-bond acceptors (Lipinski definition) is 1. The van der Waals surface area contributed by atoms with Crippen LogP contribution in [0.3, 0.4) is 0 Å². The lowest BCUT2D eigenvalue weighted by Crippen LogP contribution is -2.17. The molecule has 0 aliphatic heterocycles. The summed E-state index contributed by atoms with van der Waals surface area (Å²) in [7, 11) is 0.867. The van der Waals surface area contributed by atoms with Crippen LogP contribution in [-0.2, 0) is 6.54 Å². The van der Waals surface area contributed by atoms with Gasteiger partial charge in [-0.25, -0.2) is 0 Å². The molecule has 2 aromatic rings. The van der Waals surface area contributed by atoms with Crippen LogP contribution in [0.2, 0.25) is 0 Å². The molecule has 2 aromatic carbocycles. The molecule has 2 atom stereocenters. The van der Waals surface area contributed by atoms with Crippen molar-refractivity contribution < 1.29 is 0 Å². The zero-order valence-corrected chi connectivity index (χ0v) is 14.5. The van der Waals surface area contributed by atoms with Crippen LogP contribution in [0.25, 0.3) is 0 Å². The Bertz CT molecular complexity index is 531. The molecule has 0 aliphatic rings. The molecule has 0 aliphatic carbocycles. The Morgan fingerprint density at radius 3 is 2.09 bits per heavy atom. The minimum atomic E-state index is 0.469. The summed E-state index contributed by atoms with van der Waals surface area (Å²) in [5.41, 5.74) is 2.72. The Morgan fingerprint density at radius 1 is 1.05 bits per heavy atom. The first kappa shape index (κ1) is 18.4. The molecule has 0 saturated carbocycles. The SMILES string of the molecule is C#CCCC.CPC(NCc1ccccc1)c1ccccc1. The van der Waals surface area contributed by atoms with Crippen LogP contribution in [0.1, 0.15) is 36.7 Å². The highest BCUT2D eigenvalue weighted by Gasteiger charge is 2.07. The molecule has 0 radical (unpaired) electrons. The van der Waals surface area contributed by atoms with Gasteiger partial charge >= 0.3 is 0 Å². The van der Waals surface area contributed by atoms with E-state index in [4.69, 9.17) is 6.42 Å². The molecule has 0 spiro atoms. The number of unbranched alkanes of at least 4 members (excludes halogenated alkanes) is 1. The molecule has 0 bridgehead atoms. The molecule has 0 fully saturated rings. The van der Waals surface area contributed by atoms with Gasteiger partial charge in [-0.15, -0.1) is 20.9 Å². The molecule has 1 nitrogen and oxygen atoms in total. The Morgan fingerprint density at radius 2 is 1.64 bits per heavy atom. The predicted octanol–water partition coefficient (Wildman–Crippen LogP) is 5.20. The lowest BCUT2D eigenvalue weighted by atomic mass is 10.2. The minimum absolute atomic E-state index is 0.469.